The number of imidazole rings is 1. The monoisotopic (exact) mass is 381 g/mol. The number of hydrogen-bond donors (Lipinski definition) is 1. The molecule has 3 aliphatic heterocycles. The number of piperidine rings is 1. The van der Waals surface area contributed by atoms with E-state index in [1.807, 2.05) is 12.5 Å². The van der Waals surface area contributed by atoms with Gasteiger partial charge >= 0.3 is 0 Å². The van der Waals surface area contributed by atoms with Gasteiger partial charge in [-0.05, 0) is 26.7 Å². The summed E-state index contributed by atoms with van der Waals surface area (Å²) in [4.78, 5) is 20.8. The largest absolute Gasteiger partial charge is 0.378 e. The zero-order valence-electron chi connectivity index (χ0n) is 16.5. The number of ether oxygens (including phenoxy) is 1. The van der Waals surface area contributed by atoms with Crippen LogP contribution >= 0.6 is 0 Å². The van der Waals surface area contributed by atoms with Crippen LogP contribution in [0.1, 0.15) is 39.2 Å². The van der Waals surface area contributed by atoms with Crippen molar-refractivity contribution in [2.45, 2.75) is 45.3 Å². The Morgan fingerprint density at radius 1 is 1.25 bits per heavy atom. The van der Waals surface area contributed by atoms with Crippen LogP contribution in [-0.4, -0.2) is 63.6 Å². The molecule has 2 fully saturated rings. The molecule has 5 rings (SSSR count). The van der Waals surface area contributed by atoms with Gasteiger partial charge in [0, 0.05) is 50.7 Å². The molecule has 2 aromatic rings. The SMILES string of the molecule is CC(C)n1cnc2cnc(NC3=NC(N4CCC5OCCC5C4)=NCC3)cc21. The van der Waals surface area contributed by atoms with Crippen molar-refractivity contribution in [1.82, 2.24) is 19.4 Å². The van der Waals surface area contributed by atoms with Gasteiger partial charge < -0.3 is 19.5 Å². The first-order chi connectivity index (χ1) is 13.7. The predicted octanol–water partition coefficient (Wildman–Crippen LogP) is 2.69. The van der Waals surface area contributed by atoms with E-state index in [-0.39, 0.29) is 0 Å². The van der Waals surface area contributed by atoms with Crippen LogP contribution in [0.25, 0.3) is 11.0 Å². The van der Waals surface area contributed by atoms with Crippen molar-refractivity contribution in [2.24, 2.45) is 15.9 Å². The molecular weight excluding hydrogens is 354 g/mol. The summed E-state index contributed by atoms with van der Waals surface area (Å²) in [5.41, 5.74) is 2.00. The molecule has 0 radical (unpaired) electrons. The fourth-order valence-electron chi connectivity index (χ4n) is 4.35. The van der Waals surface area contributed by atoms with Gasteiger partial charge in [0.2, 0.25) is 5.96 Å². The minimum absolute atomic E-state index is 0.355. The Kier molecular flexibility index (Phi) is 4.50. The van der Waals surface area contributed by atoms with Gasteiger partial charge in [0.25, 0.3) is 0 Å². The number of aromatic nitrogens is 3. The van der Waals surface area contributed by atoms with E-state index in [1.54, 1.807) is 0 Å². The molecule has 5 heterocycles. The second-order valence-corrected chi connectivity index (χ2v) is 8.11. The van der Waals surface area contributed by atoms with Crippen molar-refractivity contribution in [3.63, 3.8) is 0 Å². The summed E-state index contributed by atoms with van der Waals surface area (Å²) in [6, 6.07) is 2.41. The molecule has 2 atom stereocenters. The molecule has 8 heteroatoms. The van der Waals surface area contributed by atoms with Crippen molar-refractivity contribution < 1.29 is 4.74 Å². The average molecular weight is 381 g/mol. The number of fused-ring (bicyclic) bond motifs is 2. The first-order valence-corrected chi connectivity index (χ1v) is 10.3. The van der Waals surface area contributed by atoms with Gasteiger partial charge in [0.1, 0.15) is 17.2 Å². The summed E-state index contributed by atoms with van der Waals surface area (Å²) >= 11 is 0. The average Bonchev–Trinajstić information content (AvgIpc) is 3.34. The molecule has 0 amide bonds. The molecule has 148 valence electrons. The highest BCUT2D eigenvalue weighted by molar-refractivity contribution is 6.04. The molecule has 0 saturated carbocycles. The molecule has 0 spiro atoms. The number of nitrogens with zero attached hydrogens (tertiary/aromatic N) is 6. The lowest BCUT2D eigenvalue weighted by atomic mass is 9.94. The van der Waals surface area contributed by atoms with Crippen molar-refractivity contribution in [3.05, 3.63) is 18.6 Å². The molecule has 8 nitrogen and oxygen atoms in total. The van der Waals surface area contributed by atoms with Crippen LogP contribution in [0.5, 0.6) is 0 Å². The van der Waals surface area contributed by atoms with E-state index in [4.69, 9.17) is 9.73 Å². The summed E-state index contributed by atoms with van der Waals surface area (Å²) in [6.45, 7) is 7.93. The lowest BCUT2D eigenvalue weighted by Gasteiger charge is -2.35. The Balaban J connectivity index is 1.33. The molecule has 2 saturated heterocycles. The van der Waals surface area contributed by atoms with Gasteiger partial charge in [-0.15, -0.1) is 0 Å². The van der Waals surface area contributed by atoms with Crippen LogP contribution in [0.15, 0.2) is 28.6 Å². The smallest absolute Gasteiger partial charge is 0.222 e. The fraction of sp³-hybridized carbons (Fsp3) is 0.600. The lowest BCUT2D eigenvalue weighted by molar-refractivity contribution is 0.0525. The Bertz CT molecular complexity index is 932. The second kappa shape index (κ2) is 7.16. The third kappa shape index (κ3) is 3.26. The molecule has 2 aromatic heterocycles. The molecular formula is C20H27N7O. The molecule has 0 aliphatic carbocycles. The van der Waals surface area contributed by atoms with E-state index < -0.39 is 0 Å². The summed E-state index contributed by atoms with van der Waals surface area (Å²) in [6.07, 6.45) is 7.15. The number of pyridine rings is 1. The number of amidine groups is 1. The van der Waals surface area contributed by atoms with Gasteiger partial charge in [0.05, 0.1) is 24.1 Å². The summed E-state index contributed by atoms with van der Waals surface area (Å²) in [5.74, 6) is 3.20. The number of hydrogen-bond acceptors (Lipinski definition) is 7. The Hall–Kier alpha value is -2.48. The first-order valence-electron chi connectivity index (χ1n) is 10.3. The number of anilines is 1. The van der Waals surface area contributed by atoms with Crippen LogP contribution in [0.4, 0.5) is 5.82 Å². The molecule has 1 N–H and O–H groups in total. The van der Waals surface area contributed by atoms with Gasteiger partial charge in [0.15, 0.2) is 0 Å². The Morgan fingerprint density at radius 2 is 2.18 bits per heavy atom. The van der Waals surface area contributed by atoms with Crippen LogP contribution in [-0.2, 0) is 4.74 Å². The van der Waals surface area contributed by atoms with E-state index in [9.17, 15) is 0 Å². The van der Waals surface area contributed by atoms with Gasteiger partial charge in [-0.1, -0.05) is 0 Å². The number of guanidine groups is 1. The van der Waals surface area contributed by atoms with Crippen molar-refractivity contribution in [1.29, 1.82) is 0 Å². The highest BCUT2D eigenvalue weighted by Crippen LogP contribution is 2.29. The highest BCUT2D eigenvalue weighted by Gasteiger charge is 2.35. The van der Waals surface area contributed by atoms with Gasteiger partial charge in [-0.3, -0.25) is 4.99 Å². The summed E-state index contributed by atoms with van der Waals surface area (Å²) in [5, 5.41) is 3.41. The Morgan fingerprint density at radius 3 is 3.07 bits per heavy atom. The maximum Gasteiger partial charge on any atom is 0.222 e. The highest BCUT2D eigenvalue weighted by atomic mass is 16.5. The van der Waals surface area contributed by atoms with E-state index in [0.29, 0.717) is 18.1 Å². The second-order valence-electron chi connectivity index (χ2n) is 8.11. The van der Waals surface area contributed by atoms with Crippen LogP contribution in [0.3, 0.4) is 0 Å². The zero-order chi connectivity index (χ0) is 19.1. The Labute approximate surface area is 164 Å². The molecule has 2 unspecified atom stereocenters. The van der Waals surface area contributed by atoms with Crippen molar-refractivity contribution >= 4 is 28.6 Å². The summed E-state index contributed by atoms with van der Waals surface area (Å²) < 4.78 is 7.98. The van der Waals surface area contributed by atoms with Crippen molar-refractivity contribution in [2.75, 3.05) is 31.6 Å². The number of rotatable bonds is 2. The molecule has 28 heavy (non-hydrogen) atoms. The number of aliphatic imine (C=N–C) groups is 2. The van der Waals surface area contributed by atoms with E-state index in [0.717, 1.165) is 74.2 Å². The number of likely N-dealkylation sites (tertiary alicyclic amines) is 1. The van der Waals surface area contributed by atoms with Gasteiger partial charge in [-0.25, -0.2) is 15.0 Å². The van der Waals surface area contributed by atoms with Crippen LogP contribution < -0.4 is 5.32 Å². The minimum atomic E-state index is 0.355. The maximum atomic E-state index is 5.82. The van der Waals surface area contributed by atoms with Gasteiger partial charge in [-0.2, -0.15) is 0 Å². The fourth-order valence-corrected chi connectivity index (χ4v) is 4.35. The zero-order valence-corrected chi connectivity index (χ0v) is 16.5. The third-order valence-electron chi connectivity index (χ3n) is 5.89. The predicted molar refractivity (Wildman–Crippen MR) is 110 cm³/mol. The molecule has 3 aliphatic rings. The standard InChI is InChI=1S/C20H27N7O/c1-13(2)27-12-23-15-10-22-19(9-16(15)27)24-18-3-6-21-20(25-18)26-7-4-17-14(11-26)5-8-28-17/h9-10,12-14,17H,3-8,11H2,1-2H3,(H,21,22,24,25). The lowest BCUT2D eigenvalue weighted by Crippen LogP contribution is -2.45. The maximum absolute atomic E-state index is 5.82. The van der Waals surface area contributed by atoms with E-state index >= 15 is 0 Å². The normalized spacial score (nSPS) is 25.0. The topological polar surface area (TPSA) is 79.9 Å². The minimum Gasteiger partial charge on any atom is -0.378 e. The number of nitrogens with one attached hydrogen (secondary N) is 1. The van der Waals surface area contributed by atoms with E-state index in [1.165, 1.54) is 0 Å². The quantitative estimate of drug-likeness (QED) is 0.865. The molecule has 0 aromatic carbocycles. The van der Waals surface area contributed by atoms with E-state index in [2.05, 4.69) is 49.7 Å². The first kappa shape index (κ1) is 17.6. The van der Waals surface area contributed by atoms with Crippen molar-refractivity contribution in [3.8, 4) is 0 Å². The third-order valence-corrected chi connectivity index (χ3v) is 5.89. The summed E-state index contributed by atoms with van der Waals surface area (Å²) in [7, 11) is 0. The van der Waals surface area contributed by atoms with Crippen LogP contribution in [0.2, 0.25) is 0 Å². The molecule has 0 bridgehead atoms. The van der Waals surface area contributed by atoms with Crippen LogP contribution in [0, 0.1) is 5.92 Å².